The first-order chi connectivity index (χ1) is 14.3. The van der Waals surface area contributed by atoms with Crippen molar-refractivity contribution in [3.63, 3.8) is 0 Å². The van der Waals surface area contributed by atoms with Crippen molar-refractivity contribution in [2.24, 2.45) is 5.16 Å². The lowest BCUT2D eigenvalue weighted by atomic mass is 10.1. The number of hydrogen-bond acceptors (Lipinski definition) is 5. The van der Waals surface area contributed by atoms with E-state index in [0.29, 0.717) is 6.92 Å². The summed E-state index contributed by atoms with van der Waals surface area (Å²) in [5.74, 6) is -5.84. The summed E-state index contributed by atoms with van der Waals surface area (Å²) in [5, 5.41) is 17.8. The van der Waals surface area contributed by atoms with Crippen molar-refractivity contribution in [2.45, 2.75) is 39.7 Å². The Labute approximate surface area is 186 Å². The van der Waals surface area contributed by atoms with E-state index < -0.39 is 29.7 Å². The smallest absolute Gasteiger partial charge is 0.347 e. The molecule has 170 valence electrons. The van der Waals surface area contributed by atoms with Gasteiger partial charge in [-0.3, -0.25) is 9.69 Å². The van der Waals surface area contributed by atoms with Gasteiger partial charge in [-0.15, -0.1) is 0 Å². The first-order valence-electron chi connectivity index (χ1n) is 8.58. The fraction of sp³-hybridized carbons (Fsp3) is 0.300. The molecule has 1 aromatic rings. The molecule has 1 amide bonds. The van der Waals surface area contributed by atoms with Crippen molar-refractivity contribution < 1.29 is 32.7 Å². The molecular weight excluding hydrogens is 483 g/mol. The molecule has 2 N–H and O–H groups in total. The van der Waals surface area contributed by atoms with Gasteiger partial charge in [-0.1, -0.05) is 27.7 Å². The van der Waals surface area contributed by atoms with E-state index in [2.05, 4.69) is 34.4 Å². The van der Waals surface area contributed by atoms with E-state index in [1.54, 1.807) is 0 Å². The van der Waals surface area contributed by atoms with E-state index in [1.165, 1.54) is 19.9 Å². The maximum absolute atomic E-state index is 14.5. The molecule has 0 aliphatic rings. The fourth-order valence-corrected chi connectivity index (χ4v) is 2.43. The van der Waals surface area contributed by atoms with Crippen molar-refractivity contribution in [3.05, 3.63) is 51.9 Å². The van der Waals surface area contributed by atoms with Crippen LogP contribution in [0.25, 0.3) is 0 Å². The first kappa shape index (κ1) is 28.1. The van der Waals surface area contributed by atoms with Gasteiger partial charge < -0.3 is 15.4 Å². The lowest BCUT2D eigenvalue weighted by molar-refractivity contribution is -0.149. The van der Waals surface area contributed by atoms with Crippen molar-refractivity contribution >= 4 is 46.4 Å². The van der Waals surface area contributed by atoms with Gasteiger partial charge in [-0.25, -0.2) is 18.0 Å². The highest BCUT2D eigenvalue weighted by atomic mass is 79.9. The summed E-state index contributed by atoms with van der Waals surface area (Å²) in [6, 6.07) is 2.27. The van der Waals surface area contributed by atoms with Gasteiger partial charge in [0, 0.05) is 29.6 Å². The molecule has 0 bridgehead atoms. The van der Waals surface area contributed by atoms with Crippen molar-refractivity contribution in [3.8, 4) is 0 Å². The number of nitrogens with zero attached hydrogens (tertiary/aromatic N) is 2. The van der Waals surface area contributed by atoms with Gasteiger partial charge in [0.05, 0.1) is 11.9 Å². The molecule has 0 aliphatic carbocycles. The van der Waals surface area contributed by atoms with Crippen LogP contribution in [0.2, 0.25) is 0 Å². The summed E-state index contributed by atoms with van der Waals surface area (Å²) in [5.41, 5.74) is -0.512. The number of carboxylic acid groups (broad SMARTS) is 1. The van der Waals surface area contributed by atoms with Crippen molar-refractivity contribution in [1.82, 2.24) is 0 Å². The summed E-state index contributed by atoms with van der Waals surface area (Å²) in [6.07, 6.45) is 0.908. The summed E-state index contributed by atoms with van der Waals surface area (Å²) in [6.45, 7) is 10.4. The minimum atomic E-state index is -3.14. The Morgan fingerprint density at radius 3 is 2.35 bits per heavy atom. The molecule has 11 heteroatoms. The number of oxime groups is 1. The monoisotopic (exact) mass is 505 g/mol. The number of nitrogens with one attached hydrogen (secondary N) is 1. The Morgan fingerprint density at radius 1 is 1.35 bits per heavy atom. The molecule has 0 aliphatic heterocycles. The standard InChI is InChI=1S/C19H20BrF3N2O4.CH3N/c1-10(19(5,22)23)6-11(2)25(13(4)26)17-7-14(15(20)8-16(17)21)9-24-29-12(3)18(27)28;1-2/h6-9,12H,2H2,1,3-5H3,(H,27,28);2H,1H2/b10-6+,24-9+;. The number of amides is 1. The van der Waals surface area contributed by atoms with E-state index in [-0.39, 0.29) is 27.0 Å². The Morgan fingerprint density at radius 2 is 1.90 bits per heavy atom. The summed E-state index contributed by atoms with van der Waals surface area (Å²) < 4.78 is 41.7. The highest BCUT2D eigenvalue weighted by Crippen LogP contribution is 2.31. The third-order valence-corrected chi connectivity index (χ3v) is 4.43. The molecule has 0 saturated carbocycles. The van der Waals surface area contributed by atoms with Crippen LogP contribution >= 0.6 is 15.9 Å². The van der Waals surface area contributed by atoms with E-state index in [1.807, 2.05) is 0 Å². The third-order valence-electron chi connectivity index (χ3n) is 3.74. The molecule has 0 spiro atoms. The number of benzene rings is 1. The maximum Gasteiger partial charge on any atom is 0.347 e. The molecule has 0 fully saturated rings. The first-order valence-corrected chi connectivity index (χ1v) is 9.37. The van der Waals surface area contributed by atoms with Crippen LogP contribution in [0.4, 0.5) is 18.9 Å². The van der Waals surface area contributed by atoms with Gasteiger partial charge in [0.2, 0.25) is 12.0 Å². The lowest BCUT2D eigenvalue weighted by Crippen LogP contribution is -2.28. The molecular formula is C20H23BrF3N3O4. The SMILES string of the molecule is C=C(/C=C(\C)C(C)(F)F)N(C(C)=O)c1cc(/C=N/OC(C)C(=O)O)c(Br)cc1F.C=N. The van der Waals surface area contributed by atoms with E-state index in [0.717, 1.165) is 30.2 Å². The Balaban J connectivity index is 0.00000436. The second kappa shape index (κ2) is 12.0. The molecule has 31 heavy (non-hydrogen) atoms. The second-order valence-electron chi connectivity index (χ2n) is 6.21. The molecule has 1 rings (SSSR count). The molecule has 1 aromatic carbocycles. The van der Waals surface area contributed by atoms with E-state index in [9.17, 15) is 22.8 Å². The Bertz CT molecular complexity index is 898. The predicted octanol–water partition coefficient (Wildman–Crippen LogP) is 5.15. The number of anilines is 1. The van der Waals surface area contributed by atoms with Gasteiger partial charge in [0.15, 0.2) is 0 Å². The number of aliphatic carboxylic acids is 1. The zero-order chi connectivity index (χ0) is 24.5. The summed E-state index contributed by atoms with van der Waals surface area (Å²) >= 11 is 3.13. The van der Waals surface area contributed by atoms with Gasteiger partial charge in [-0.05, 0) is 44.3 Å². The van der Waals surface area contributed by atoms with Gasteiger partial charge in [0.25, 0.3) is 5.92 Å². The molecule has 1 atom stereocenters. The zero-order valence-corrected chi connectivity index (χ0v) is 19.0. The van der Waals surface area contributed by atoms with Crippen molar-refractivity contribution in [1.29, 1.82) is 5.41 Å². The number of carboxylic acids is 1. The van der Waals surface area contributed by atoms with E-state index >= 15 is 0 Å². The van der Waals surface area contributed by atoms with Crippen LogP contribution in [-0.4, -0.2) is 41.9 Å². The highest BCUT2D eigenvalue weighted by molar-refractivity contribution is 9.10. The Hall–Kier alpha value is -2.95. The second-order valence-corrected chi connectivity index (χ2v) is 7.06. The number of halogens is 4. The van der Waals surface area contributed by atoms with Gasteiger partial charge >= 0.3 is 5.97 Å². The van der Waals surface area contributed by atoms with Crippen LogP contribution in [0.3, 0.4) is 0 Å². The van der Waals surface area contributed by atoms with Crippen molar-refractivity contribution in [2.75, 3.05) is 4.90 Å². The number of rotatable bonds is 8. The van der Waals surface area contributed by atoms with Crippen LogP contribution in [-0.2, 0) is 14.4 Å². The number of alkyl halides is 2. The lowest BCUT2D eigenvalue weighted by Gasteiger charge is -2.24. The molecule has 0 saturated heterocycles. The van der Waals surface area contributed by atoms with Crippen LogP contribution < -0.4 is 4.90 Å². The number of hydrogen-bond donors (Lipinski definition) is 2. The van der Waals surface area contributed by atoms with Gasteiger partial charge in [-0.2, -0.15) is 0 Å². The quantitative estimate of drug-likeness (QED) is 0.289. The number of carbonyl (C=O) groups excluding carboxylic acids is 1. The predicted molar refractivity (Wildman–Crippen MR) is 116 cm³/mol. The normalized spacial score (nSPS) is 12.6. The van der Waals surface area contributed by atoms with Crippen LogP contribution in [0.15, 0.2) is 45.7 Å². The molecule has 1 unspecified atom stereocenters. The van der Waals surface area contributed by atoms with Crippen LogP contribution in [0.5, 0.6) is 0 Å². The fourth-order valence-electron chi connectivity index (χ4n) is 2.02. The third kappa shape index (κ3) is 8.36. The molecule has 0 radical (unpaired) electrons. The van der Waals surface area contributed by atoms with Gasteiger partial charge in [0.1, 0.15) is 5.82 Å². The molecule has 0 aromatic heterocycles. The zero-order valence-electron chi connectivity index (χ0n) is 17.4. The summed E-state index contributed by atoms with van der Waals surface area (Å²) in [4.78, 5) is 28.4. The average Bonchev–Trinajstić information content (AvgIpc) is 2.65. The van der Waals surface area contributed by atoms with E-state index in [4.69, 9.17) is 15.4 Å². The van der Waals surface area contributed by atoms with Crippen LogP contribution in [0.1, 0.15) is 33.3 Å². The average molecular weight is 506 g/mol. The topological polar surface area (TPSA) is 103 Å². The highest BCUT2D eigenvalue weighted by Gasteiger charge is 2.26. The number of allylic oxidation sites excluding steroid dienone is 2. The summed E-state index contributed by atoms with van der Waals surface area (Å²) in [7, 11) is 0. The number of carbonyl (C=O) groups is 2. The maximum atomic E-state index is 14.5. The molecule has 7 nitrogen and oxygen atoms in total. The minimum absolute atomic E-state index is 0.156. The Kier molecular flexibility index (Phi) is 10.9. The largest absolute Gasteiger partial charge is 0.478 e. The van der Waals surface area contributed by atoms with Crippen LogP contribution in [0, 0.1) is 11.2 Å². The molecule has 0 heterocycles. The minimum Gasteiger partial charge on any atom is -0.478 e.